The highest BCUT2D eigenvalue weighted by Gasteiger charge is 2.61. The van der Waals surface area contributed by atoms with Crippen LogP contribution < -0.4 is 10.9 Å². The third-order valence-corrected chi connectivity index (χ3v) is 4.99. The van der Waals surface area contributed by atoms with Crippen molar-refractivity contribution in [2.45, 2.75) is 31.4 Å². The number of carbonyl (C=O) groups is 1. The fourth-order valence-electron chi connectivity index (χ4n) is 3.54. The fourth-order valence-corrected chi connectivity index (χ4v) is 3.54. The minimum Gasteiger partial charge on any atom is -0.393 e. The average Bonchev–Trinajstić information content (AvgIpc) is 3.21. The van der Waals surface area contributed by atoms with E-state index in [1.54, 1.807) is 12.3 Å². The van der Waals surface area contributed by atoms with E-state index in [0.717, 1.165) is 24.9 Å². The summed E-state index contributed by atoms with van der Waals surface area (Å²) in [6.45, 7) is 0. The summed E-state index contributed by atoms with van der Waals surface area (Å²) in [6.07, 6.45) is 3.87. The van der Waals surface area contributed by atoms with Crippen LogP contribution in [0.2, 0.25) is 0 Å². The zero-order valence-corrected chi connectivity index (χ0v) is 12.6. The molecular weight excluding hydrogens is 292 g/mol. The van der Waals surface area contributed by atoms with E-state index in [-0.39, 0.29) is 29.0 Å². The molecule has 5 nitrogen and oxygen atoms in total. The number of benzene rings is 1. The molecule has 118 valence electrons. The van der Waals surface area contributed by atoms with E-state index in [1.165, 1.54) is 10.6 Å². The minimum atomic E-state index is -0.211. The van der Waals surface area contributed by atoms with Crippen molar-refractivity contribution in [3.63, 3.8) is 0 Å². The lowest BCUT2D eigenvalue weighted by molar-refractivity contribution is 0.0235. The number of hydrogen-bond acceptors (Lipinski definition) is 3. The molecule has 1 amide bonds. The number of para-hydroxylation sites is 1. The molecule has 0 bridgehead atoms. The van der Waals surface area contributed by atoms with Crippen LogP contribution in [-0.2, 0) is 0 Å². The van der Waals surface area contributed by atoms with Crippen molar-refractivity contribution in [1.82, 2.24) is 9.88 Å². The number of carbonyl (C=O) groups excluding carboxylic acids is 1. The number of aliphatic hydroxyl groups excluding tert-OH is 1. The van der Waals surface area contributed by atoms with Gasteiger partial charge in [-0.25, -0.2) is 0 Å². The number of rotatable bonds is 3. The summed E-state index contributed by atoms with van der Waals surface area (Å²) in [5.41, 5.74) is 1.16. The van der Waals surface area contributed by atoms with E-state index in [1.807, 2.05) is 30.3 Å². The number of nitrogens with zero attached hydrogens (tertiary/aromatic N) is 1. The fraction of sp³-hybridized carbons (Fsp3) is 0.333. The Labute approximate surface area is 133 Å². The monoisotopic (exact) mass is 310 g/mol. The predicted molar refractivity (Wildman–Crippen MR) is 85.6 cm³/mol. The zero-order valence-electron chi connectivity index (χ0n) is 12.6. The van der Waals surface area contributed by atoms with Crippen molar-refractivity contribution in [2.24, 2.45) is 5.41 Å². The Hall–Kier alpha value is -2.40. The smallest absolute Gasteiger partial charge is 0.255 e. The molecule has 0 aliphatic heterocycles. The first-order chi connectivity index (χ1) is 11.1. The van der Waals surface area contributed by atoms with Gasteiger partial charge in [-0.3, -0.25) is 14.2 Å². The van der Waals surface area contributed by atoms with E-state index < -0.39 is 0 Å². The van der Waals surface area contributed by atoms with Crippen LogP contribution >= 0.6 is 0 Å². The van der Waals surface area contributed by atoms with E-state index >= 15 is 0 Å². The highest BCUT2D eigenvalue weighted by atomic mass is 16.3. The molecule has 1 unspecified atom stereocenters. The number of nitrogens with one attached hydrogen (secondary N) is 1. The molecule has 1 heterocycles. The molecule has 2 fully saturated rings. The third kappa shape index (κ3) is 2.47. The van der Waals surface area contributed by atoms with Crippen molar-refractivity contribution >= 4 is 5.91 Å². The second-order valence-electron chi connectivity index (χ2n) is 6.62. The Bertz CT molecular complexity index is 807. The van der Waals surface area contributed by atoms with Gasteiger partial charge in [0.1, 0.15) is 0 Å². The van der Waals surface area contributed by atoms with Crippen molar-refractivity contribution in [3.05, 3.63) is 64.6 Å². The molecule has 2 aliphatic carbocycles. The minimum absolute atomic E-state index is 0.128. The standard InChI is InChI=1S/C18H18N2O3/c21-14-8-18(9-14)10-15(18)19-17(23)12-6-7-16(22)20(11-12)13-4-2-1-3-5-13/h1-7,11,14-15,21H,8-10H2,(H,19,23). The zero-order chi connectivity index (χ0) is 16.0. The van der Waals surface area contributed by atoms with Crippen LogP contribution in [0, 0.1) is 5.41 Å². The van der Waals surface area contributed by atoms with Crippen LogP contribution in [-0.4, -0.2) is 27.7 Å². The quantitative estimate of drug-likeness (QED) is 0.902. The summed E-state index contributed by atoms with van der Waals surface area (Å²) in [5.74, 6) is -0.169. The molecule has 0 radical (unpaired) electrons. The maximum Gasteiger partial charge on any atom is 0.255 e. The molecule has 23 heavy (non-hydrogen) atoms. The van der Waals surface area contributed by atoms with Crippen molar-refractivity contribution < 1.29 is 9.90 Å². The van der Waals surface area contributed by atoms with Crippen molar-refractivity contribution in [2.75, 3.05) is 0 Å². The Balaban J connectivity index is 1.53. The summed E-state index contributed by atoms with van der Waals surface area (Å²) in [5, 5.41) is 12.5. The van der Waals surface area contributed by atoms with Crippen LogP contribution in [0.25, 0.3) is 5.69 Å². The van der Waals surface area contributed by atoms with Gasteiger partial charge in [-0.15, -0.1) is 0 Å². The number of amides is 1. The predicted octanol–water partition coefficient (Wildman–Crippen LogP) is 1.48. The highest BCUT2D eigenvalue weighted by molar-refractivity contribution is 5.94. The van der Waals surface area contributed by atoms with Gasteiger partial charge in [0.05, 0.1) is 11.7 Å². The number of aromatic nitrogens is 1. The molecule has 1 aromatic heterocycles. The van der Waals surface area contributed by atoms with Crippen molar-refractivity contribution in [1.29, 1.82) is 0 Å². The third-order valence-electron chi connectivity index (χ3n) is 4.99. The van der Waals surface area contributed by atoms with Gasteiger partial charge >= 0.3 is 0 Å². The van der Waals surface area contributed by atoms with Gasteiger partial charge in [0.15, 0.2) is 0 Å². The summed E-state index contributed by atoms with van der Waals surface area (Å²) < 4.78 is 1.48. The second-order valence-corrected chi connectivity index (χ2v) is 6.62. The van der Waals surface area contributed by atoms with Crippen LogP contribution in [0.3, 0.4) is 0 Å². The van der Waals surface area contributed by atoms with E-state index in [2.05, 4.69) is 5.32 Å². The highest BCUT2D eigenvalue weighted by Crippen LogP contribution is 2.60. The molecule has 1 aromatic carbocycles. The average molecular weight is 310 g/mol. The van der Waals surface area contributed by atoms with Crippen LogP contribution in [0.15, 0.2) is 53.5 Å². The van der Waals surface area contributed by atoms with Gasteiger partial charge in [-0.1, -0.05) is 18.2 Å². The Morgan fingerprint density at radius 3 is 2.57 bits per heavy atom. The molecule has 0 saturated heterocycles. The largest absolute Gasteiger partial charge is 0.393 e. The van der Waals surface area contributed by atoms with Crippen molar-refractivity contribution in [3.8, 4) is 5.69 Å². The van der Waals surface area contributed by atoms with Gasteiger partial charge in [0.25, 0.3) is 11.5 Å². The molecule has 1 spiro atoms. The molecular formula is C18H18N2O3. The first-order valence-corrected chi connectivity index (χ1v) is 7.84. The summed E-state index contributed by atoms with van der Waals surface area (Å²) in [6, 6.07) is 12.4. The van der Waals surface area contributed by atoms with Gasteiger partial charge in [0.2, 0.25) is 0 Å². The lowest BCUT2D eigenvalue weighted by Gasteiger charge is -2.32. The summed E-state index contributed by atoms with van der Waals surface area (Å²) in [7, 11) is 0. The molecule has 2 aromatic rings. The maximum absolute atomic E-state index is 12.4. The van der Waals surface area contributed by atoms with E-state index in [4.69, 9.17) is 0 Å². The van der Waals surface area contributed by atoms with Gasteiger partial charge in [-0.2, -0.15) is 0 Å². The van der Waals surface area contributed by atoms with Crippen LogP contribution in [0.5, 0.6) is 0 Å². The van der Waals surface area contributed by atoms with Crippen LogP contribution in [0.4, 0.5) is 0 Å². The first-order valence-electron chi connectivity index (χ1n) is 7.84. The van der Waals surface area contributed by atoms with E-state index in [9.17, 15) is 14.7 Å². The second kappa shape index (κ2) is 5.06. The molecule has 4 rings (SSSR count). The van der Waals surface area contributed by atoms with Crippen LogP contribution in [0.1, 0.15) is 29.6 Å². The topological polar surface area (TPSA) is 71.3 Å². The summed E-state index contributed by atoms with van der Waals surface area (Å²) >= 11 is 0. The summed E-state index contributed by atoms with van der Waals surface area (Å²) in [4.78, 5) is 24.4. The molecule has 5 heteroatoms. The lowest BCUT2D eigenvalue weighted by Crippen LogP contribution is -2.38. The van der Waals surface area contributed by atoms with Gasteiger partial charge in [0, 0.05) is 24.0 Å². The SMILES string of the molecule is O=C(NC1CC12CC(O)C2)c1ccc(=O)n(-c2ccccc2)c1. The number of pyridine rings is 1. The number of hydrogen-bond donors (Lipinski definition) is 2. The number of aliphatic hydroxyl groups is 1. The van der Waals surface area contributed by atoms with E-state index in [0.29, 0.717) is 5.56 Å². The molecule has 2 aliphatic rings. The Morgan fingerprint density at radius 2 is 1.87 bits per heavy atom. The van der Waals surface area contributed by atoms with Gasteiger partial charge < -0.3 is 10.4 Å². The van der Waals surface area contributed by atoms with Gasteiger partial charge in [-0.05, 0) is 42.9 Å². The molecule has 2 N–H and O–H groups in total. The molecule has 1 atom stereocenters. The lowest BCUT2D eigenvalue weighted by atomic mass is 9.78. The first kappa shape index (κ1) is 14.2. The normalized spacial score (nSPS) is 28.2. The maximum atomic E-state index is 12.4. The Morgan fingerprint density at radius 1 is 1.13 bits per heavy atom. The molecule has 2 saturated carbocycles. The Kier molecular flexibility index (Phi) is 3.13.